The van der Waals surface area contributed by atoms with Crippen LogP contribution in [0.4, 0.5) is 0 Å². The lowest BCUT2D eigenvalue weighted by Gasteiger charge is -2.37. The van der Waals surface area contributed by atoms with Gasteiger partial charge < -0.3 is 70.0 Å². The number of para-hydroxylation sites is 1. The quantitative estimate of drug-likeness (QED) is 0.0396. The highest BCUT2D eigenvalue weighted by atomic mass is 33.1. The lowest BCUT2D eigenvalue weighted by molar-refractivity contribution is -0.142. The number of amides is 10. The SMILES string of the molecule is CC[C@H](C)C1NC(=O)[C@H]([C@@H](C)CC)NC(=O)[C@@H](Cc2c[nH]c3ccccc23)NC(=O)CC2(CCCCC2)SSC[C@@H](C(=O)N2CCC[C@H]2C(=O)N[C@@H](CCCN=C(N)N)C(=O)NCC(N)=O)NC(=O)[C@H](CC(N)=O)NC1=O. The number of aromatic nitrogens is 1. The average Bonchev–Trinajstić information content (AvgIpc) is 4.06. The first kappa shape index (κ1) is 61.3. The van der Waals surface area contributed by atoms with E-state index in [1.807, 2.05) is 31.2 Å². The molecule has 5 rings (SSSR count). The van der Waals surface area contributed by atoms with Crippen molar-refractivity contribution in [3.8, 4) is 0 Å². The van der Waals surface area contributed by atoms with Gasteiger partial charge in [0.25, 0.3) is 0 Å². The summed E-state index contributed by atoms with van der Waals surface area (Å²) in [5.41, 5.74) is 23.4. The van der Waals surface area contributed by atoms with Crippen LogP contribution in [0.2, 0.25) is 0 Å². The maximum absolute atomic E-state index is 15.0. The number of rotatable bonds is 18. The van der Waals surface area contributed by atoms with E-state index >= 15 is 0 Å². The van der Waals surface area contributed by atoms with Gasteiger partial charge >= 0.3 is 0 Å². The molecule has 1 saturated carbocycles. The number of carbonyl (C=O) groups is 10. The third-order valence-electron chi connectivity index (χ3n) is 14.6. The summed E-state index contributed by atoms with van der Waals surface area (Å²) in [6, 6.07) is -1.38. The Morgan fingerprint density at radius 1 is 0.805 bits per heavy atom. The molecule has 3 fully saturated rings. The molecule has 16 N–H and O–H groups in total. The average molecular weight is 1110 g/mol. The molecule has 0 bridgehead atoms. The minimum atomic E-state index is -1.64. The third-order valence-corrected chi connectivity index (χ3v) is 17.9. The van der Waals surface area contributed by atoms with Crippen molar-refractivity contribution in [1.29, 1.82) is 0 Å². The van der Waals surface area contributed by atoms with Gasteiger partial charge in [-0.3, -0.25) is 52.9 Å². The zero-order valence-electron chi connectivity index (χ0n) is 44.4. The van der Waals surface area contributed by atoms with E-state index in [4.69, 9.17) is 22.9 Å². The van der Waals surface area contributed by atoms with Crippen LogP contribution in [-0.4, -0.2) is 147 Å². The van der Waals surface area contributed by atoms with Crippen molar-refractivity contribution in [1.82, 2.24) is 47.1 Å². The number of nitrogens with one attached hydrogen (secondary N) is 8. The molecule has 1 aliphatic carbocycles. The molecule has 9 atom stereocenters. The first-order valence-corrected chi connectivity index (χ1v) is 28.8. The van der Waals surface area contributed by atoms with Gasteiger partial charge in [0.1, 0.15) is 42.3 Å². The number of fused-ring (bicyclic) bond motifs is 1. The predicted molar refractivity (Wildman–Crippen MR) is 294 cm³/mol. The molecular formula is C51H78N14O10S2. The summed E-state index contributed by atoms with van der Waals surface area (Å²) in [5, 5.41) is 20.0. The highest BCUT2D eigenvalue weighted by molar-refractivity contribution is 8.77. The molecule has 1 unspecified atom stereocenters. The van der Waals surface area contributed by atoms with Crippen LogP contribution in [0.1, 0.15) is 117 Å². The molecule has 24 nitrogen and oxygen atoms in total. The van der Waals surface area contributed by atoms with Gasteiger partial charge in [0.05, 0.1) is 13.0 Å². The zero-order valence-corrected chi connectivity index (χ0v) is 46.0. The Morgan fingerprint density at radius 2 is 1.45 bits per heavy atom. The van der Waals surface area contributed by atoms with E-state index in [9.17, 15) is 47.9 Å². The maximum atomic E-state index is 15.0. The van der Waals surface area contributed by atoms with E-state index in [-0.39, 0.29) is 56.9 Å². The van der Waals surface area contributed by atoms with Crippen LogP contribution < -0.4 is 60.2 Å². The van der Waals surface area contributed by atoms with Crippen LogP contribution in [0.5, 0.6) is 0 Å². The summed E-state index contributed by atoms with van der Waals surface area (Å²) in [6.07, 6.45) is 6.53. The Labute approximate surface area is 456 Å². The number of nitrogens with two attached hydrogens (primary N) is 4. The molecule has 1 aromatic carbocycles. The largest absolute Gasteiger partial charge is 0.370 e. The molecule has 424 valence electrons. The molecule has 2 aliphatic heterocycles. The van der Waals surface area contributed by atoms with Crippen LogP contribution in [-0.2, 0) is 54.4 Å². The van der Waals surface area contributed by atoms with Crippen LogP contribution in [0.3, 0.4) is 0 Å². The van der Waals surface area contributed by atoms with Crippen molar-refractivity contribution in [2.24, 2.45) is 39.8 Å². The highest BCUT2D eigenvalue weighted by Gasteiger charge is 2.43. The van der Waals surface area contributed by atoms with E-state index in [1.54, 1.807) is 27.0 Å². The fourth-order valence-electron chi connectivity index (χ4n) is 9.84. The van der Waals surface area contributed by atoms with Gasteiger partial charge in [0, 0.05) is 53.5 Å². The summed E-state index contributed by atoms with van der Waals surface area (Å²) in [5.74, 6) is -8.63. The van der Waals surface area contributed by atoms with Gasteiger partial charge in [-0.05, 0) is 62.0 Å². The number of benzene rings is 1. The van der Waals surface area contributed by atoms with Crippen molar-refractivity contribution in [3.05, 3.63) is 36.0 Å². The van der Waals surface area contributed by atoms with E-state index in [1.165, 1.54) is 26.5 Å². The van der Waals surface area contributed by atoms with Crippen molar-refractivity contribution in [3.63, 3.8) is 0 Å². The molecule has 77 heavy (non-hydrogen) atoms. The third kappa shape index (κ3) is 17.7. The Kier molecular flexibility index (Phi) is 23.3. The number of hydrogen-bond donors (Lipinski definition) is 12. The first-order valence-electron chi connectivity index (χ1n) is 26.5. The fraction of sp³-hybridized carbons (Fsp3) is 0.627. The molecule has 0 radical (unpaired) electrons. The summed E-state index contributed by atoms with van der Waals surface area (Å²) in [4.78, 5) is 147. The van der Waals surface area contributed by atoms with Crippen molar-refractivity contribution >= 4 is 97.5 Å². The van der Waals surface area contributed by atoms with Crippen LogP contribution in [0.25, 0.3) is 10.9 Å². The molecular weight excluding hydrogens is 1030 g/mol. The second-order valence-corrected chi connectivity index (χ2v) is 23.2. The van der Waals surface area contributed by atoms with Gasteiger partial charge in [0.2, 0.25) is 59.1 Å². The van der Waals surface area contributed by atoms with Crippen LogP contribution in [0.15, 0.2) is 35.5 Å². The second kappa shape index (κ2) is 29.2. The topological polar surface area (TPSA) is 390 Å². The molecule has 10 amide bonds. The fourth-order valence-corrected chi connectivity index (χ4v) is 13.2. The normalized spacial score (nSPS) is 24.2. The number of likely N-dealkylation sites (tertiary alicyclic amines) is 1. The van der Waals surface area contributed by atoms with Crippen molar-refractivity contribution in [2.75, 3.05) is 25.4 Å². The van der Waals surface area contributed by atoms with Gasteiger partial charge in [0.15, 0.2) is 5.96 Å². The summed E-state index contributed by atoms with van der Waals surface area (Å²) in [7, 11) is 2.62. The Balaban J connectivity index is 1.52. The predicted octanol–water partition coefficient (Wildman–Crippen LogP) is -0.279. The number of H-pyrrole nitrogens is 1. The number of aromatic amines is 1. The van der Waals surface area contributed by atoms with E-state index in [2.05, 4.69) is 47.2 Å². The van der Waals surface area contributed by atoms with Gasteiger partial charge in [-0.1, -0.05) is 99.6 Å². The van der Waals surface area contributed by atoms with Gasteiger partial charge in [-0.25, -0.2) is 0 Å². The van der Waals surface area contributed by atoms with Crippen molar-refractivity contribution < 1.29 is 47.9 Å². The number of aliphatic imine (C=N–C) groups is 1. The smallest absolute Gasteiger partial charge is 0.246 e. The molecule has 3 aliphatic rings. The minimum Gasteiger partial charge on any atom is -0.370 e. The Morgan fingerprint density at radius 3 is 2.10 bits per heavy atom. The summed E-state index contributed by atoms with van der Waals surface area (Å²) in [6.45, 7) is 6.84. The molecule has 1 aromatic heterocycles. The lowest BCUT2D eigenvalue weighted by atomic mass is 9.85. The molecule has 2 saturated heterocycles. The monoisotopic (exact) mass is 1110 g/mol. The maximum Gasteiger partial charge on any atom is 0.246 e. The molecule has 1 spiro atoms. The number of nitrogens with zero attached hydrogens (tertiary/aromatic N) is 2. The molecule has 26 heteroatoms. The number of hydrogen-bond acceptors (Lipinski definition) is 13. The summed E-state index contributed by atoms with van der Waals surface area (Å²) >= 11 is 0. The molecule has 2 aromatic rings. The molecule has 3 heterocycles. The van der Waals surface area contributed by atoms with Crippen LogP contribution in [0, 0.1) is 11.8 Å². The van der Waals surface area contributed by atoms with E-state index in [0.717, 1.165) is 35.7 Å². The van der Waals surface area contributed by atoms with Crippen LogP contribution >= 0.6 is 21.6 Å². The standard InChI is InChI=1S/C51H78N14O10S2/c1-5-28(3)41-47(73)61-35(23-38(52)66)44(70)62-36(49(75)65-21-13-17-37(65)46(72)60-33(16-12-20-56-50(54)55)43(69)58-26-39(53)67)27-76-77-51(18-10-7-11-19-51)24-40(68)59-34(22-30-25-57-32-15-9-8-14-31(30)32)45(71)63-42(29(4)6-2)48(74)64-41/h8-9,14-15,25,28-29,33-37,41-42,57H,5-7,10-13,16-24,26-27H2,1-4H3,(H2,52,66)(H2,53,67)(H,58,69)(H,59,68)(H,60,72)(H,61,73)(H,62,70)(H,63,71)(H,64,74)(H4,54,55,56)/t28-,29-,33-,34+,35-,36-,37-,41?,42-/m0/s1. The van der Waals surface area contributed by atoms with Crippen molar-refractivity contribution in [2.45, 2.75) is 165 Å². The lowest BCUT2D eigenvalue weighted by Crippen LogP contribution is -2.62. The highest BCUT2D eigenvalue weighted by Crippen LogP contribution is 2.48. The number of primary amides is 2. The Hall–Kier alpha value is -6.57. The van der Waals surface area contributed by atoms with Gasteiger partial charge in [-0.2, -0.15) is 0 Å². The zero-order chi connectivity index (χ0) is 56.4. The summed E-state index contributed by atoms with van der Waals surface area (Å²) < 4.78 is -0.693. The Bertz CT molecular complexity index is 2480. The van der Waals surface area contributed by atoms with Gasteiger partial charge in [-0.15, -0.1) is 0 Å². The second-order valence-electron chi connectivity index (χ2n) is 20.4. The van der Waals surface area contributed by atoms with E-state index < -0.39 is 131 Å². The minimum absolute atomic E-state index is 0.0135. The number of carbonyl (C=O) groups excluding carboxylic acids is 10. The first-order chi connectivity index (χ1) is 36.6. The van der Waals surface area contributed by atoms with E-state index in [0.29, 0.717) is 32.1 Å². The number of guanidine groups is 1.